The molecule has 1 amide bonds. The summed E-state index contributed by atoms with van der Waals surface area (Å²) in [5, 5.41) is 3.96. The lowest BCUT2D eigenvalue weighted by molar-refractivity contribution is 0.0724. The molecule has 0 aliphatic heterocycles. The number of hydrogen-bond acceptors (Lipinski definition) is 5. The van der Waals surface area contributed by atoms with E-state index in [1.165, 1.54) is 4.57 Å². The summed E-state index contributed by atoms with van der Waals surface area (Å²) in [6.07, 6.45) is 6.13. The Hall–Kier alpha value is -2.44. The molecule has 4 rings (SSSR count). The summed E-state index contributed by atoms with van der Waals surface area (Å²) in [6, 6.07) is 3.45. The predicted molar refractivity (Wildman–Crippen MR) is 90.4 cm³/mol. The Morgan fingerprint density at radius 3 is 2.84 bits per heavy atom. The van der Waals surface area contributed by atoms with Crippen molar-refractivity contribution in [2.24, 2.45) is 5.92 Å². The van der Waals surface area contributed by atoms with E-state index in [0.29, 0.717) is 23.6 Å². The average Bonchev–Trinajstić information content (AvgIpc) is 3.53. The number of nitrogens with zero attached hydrogens (tertiary/aromatic N) is 4. The Labute approximate surface area is 145 Å². The van der Waals surface area contributed by atoms with E-state index in [9.17, 15) is 9.59 Å². The monoisotopic (exact) mass is 342 g/mol. The third-order valence-electron chi connectivity index (χ3n) is 5.22. The first kappa shape index (κ1) is 16.1. The minimum Gasteiger partial charge on any atom is -0.339 e. The number of rotatable bonds is 6. The molecule has 0 aromatic carbocycles. The summed E-state index contributed by atoms with van der Waals surface area (Å²) < 4.78 is 6.69. The fraction of sp³-hybridized carbons (Fsp3) is 0.556. The van der Waals surface area contributed by atoms with Crippen LogP contribution < -0.4 is 5.56 Å². The lowest BCUT2D eigenvalue weighted by atomic mass is 10.1. The van der Waals surface area contributed by atoms with Gasteiger partial charge in [0, 0.05) is 25.2 Å². The van der Waals surface area contributed by atoms with Crippen molar-refractivity contribution >= 4 is 5.91 Å². The molecule has 7 heteroatoms. The van der Waals surface area contributed by atoms with E-state index < -0.39 is 0 Å². The molecular formula is C18H22N4O3. The Morgan fingerprint density at radius 1 is 1.40 bits per heavy atom. The Balaban J connectivity index is 1.54. The van der Waals surface area contributed by atoms with Gasteiger partial charge >= 0.3 is 0 Å². The summed E-state index contributed by atoms with van der Waals surface area (Å²) in [6.45, 7) is 2.22. The summed E-state index contributed by atoms with van der Waals surface area (Å²) in [5.74, 6) is 1.84. The number of carbonyl (C=O) groups excluding carboxylic acids is 1. The first-order chi connectivity index (χ1) is 12.0. The number of pyridine rings is 1. The quantitative estimate of drug-likeness (QED) is 0.802. The van der Waals surface area contributed by atoms with Crippen LogP contribution in [0.25, 0.3) is 0 Å². The largest absolute Gasteiger partial charge is 0.339 e. The second-order valence-corrected chi connectivity index (χ2v) is 7.17. The average molecular weight is 342 g/mol. The van der Waals surface area contributed by atoms with Crippen molar-refractivity contribution in [3.8, 4) is 0 Å². The van der Waals surface area contributed by atoms with E-state index in [-0.39, 0.29) is 29.6 Å². The summed E-state index contributed by atoms with van der Waals surface area (Å²) in [5.41, 5.74) is -0.145. The Bertz CT molecular complexity index is 848. The second-order valence-electron chi connectivity index (χ2n) is 7.17. The second kappa shape index (κ2) is 6.13. The molecule has 2 aromatic rings. The van der Waals surface area contributed by atoms with Crippen LogP contribution in [0.1, 0.15) is 60.6 Å². The third kappa shape index (κ3) is 3.23. The first-order valence-corrected chi connectivity index (χ1v) is 8.83. The maximum absolute atomic E-state index is 12.7. The highest BCUT2D eigenvalue weighted by molar-refractivity contribution is 5.93. The Kier molecular flexibility index (Phi) is 3.94. The van der Waals surface area contributed by atoms with Gasteiger partial charge in [-0.25, -0.2) is 0 Å². The van der Waals surface area contributed by atoms with Crippen LogP contribution in [0, 0.1) is 5.92 Å². The zero-order chi connectivity index (χ0) is 17.6. The van der Waals surface area contributed by atoms with Crippen LogP contribution in [0.2, 0.25) is 0 Å². The van der Waals surface area contributed by atoms with Crippen molar-refractivity contribution in [1.29, 1.82) is 0 Å². The summed E-state index contributed by atoms with van der Waals surface area (Å²) in [4.78, 5) is 31.4. The third-order valence-corrected chi connectivity index (χ3v) is 5.22. The molecule has 132 valence electrons. The van der Waals surface area contributed by atoms with Gasteiger partial charge < -0.3 is 14.0 Å². The van der Waals surface area contributed by atoms with Gasteiger partial charge in [-0.15, -0.1) is 0 Å². The fourth-order valence-corrected chi connectivity index (χ4v) is 3.08. The molecule has 0 N–H and O–H groups in total. The first-order valence-electron chi connectivity index (χ1n) is 8.83. The Morgan fingerprint density at radius 2 is 2.16 bits per heavy atom. The van der Waals surface area contributed by atoms with Crippen LogP contribution in [-0.4, -0.2) is 38.6 Å². The van der Waals surface area contributed by atoms with Gasteiger partial charge in [0.25, 0.3) is 11.5 Å². The molecular weight excluding hydrogens is 320 g/mol. The minimum absolute atomic E-state index is 0.151. The molecule has 2 heterocycles. The van der Waals surface area contributed by atoms with Crippen molar-refractivity contribution in [3.63, 3.8) is 0 Å². The maximum atomic E-state index is 12.7. The van der Waals surface area contributed by atoms with Crippen molar-refractivity contribution in [3.05, 3.63) is 46.0 Å². The maximum Gasteiger partial charge on any atom is 0.263 e. The van der Waals surface area contributed by atoms with E-state index in [2.05, 4.69) is 10.1 Å². The van der Waals surface area contributed by atoms with Crippen molar-refractivity contribution in [2.45, 2.75) is 51.1 Å². The standard InChI is InChI=1S/C18H22N4O3/c1-11(12-5-6-12)21(2)17(23)14-4-3-9-22(18(14)24)10-15-19-16(20-25-15)13-7-8-13/h3-4,9,11-13H,5-8,10H2,1-2H3. The SMILES string of the molecule is CC(C1CC1)N(C)C(=O)c1cccn(Cc2nc(C3CC3)no2)c1=O. The van der Waals surface area contributed by atoms with Gasteiger partial charge in [-0.1, -0.05) is 5.16 Å². The van der Waals surface area contributed by atoms with E-state index in [0.717, 1.165) is 25.7 Å². The highest BCUT2D eigenvalue weighted by Crippen LogP contribution is 2.38. The van der Waals surface area contributed by atoms with Crippen LogP contribution >= 0.6 is 0 Å². The van der Waals surface area contributed by atoms with Gasteiger partial charge in [-0.05, 0) is 50.7 Å². The molecule has 0 saturated heterocycles. The normalized spacial score (nSPS) is 18.2. The molecule has 0 radical (unpaired) electrons. The van der Waals surface area contributed by atoms with Crippen LogP contribution in [0.3, 0.4) is 0 Å². The number of carbonyl (C=O) groups is 1. The lowest BCUT2D eigenvalue weighted by Gasteiger charge is -2.24. The van der Waals surface area contributed by atoms with Crippen LogP contribution in [0.5, 0.6) is 0 Å². The topological polar surface area (TPSA) is 81.2 Å². The molecule has 0 bridgehead atoms. The molecule has 2 fully saturated rings. The van der Waals surface area contributed by atoms with E-state index in [1.54, 1.807) is 30.3 Å². The zero-order valence-corrected chi connectivity index (χ0v) is 14.5. The van der Waals surface area contributed by atoms with Gasteiger partial charge in [0.05, 0.1) is 0 Å². The summed E-state index contributed by atoms with van der Waals surface area (Å²) >= 11 is 0. The van der Waals surface area contributed by atoms with Gasteiger partial charge in [0.2, 0.25) is 5.89 Å². The van der Waals surface area contributed by atoms with Crippen molar-refractivity contribution < 1.29 is 9.32 Å². The highest BCUT2D eigenvalue weighted by Gasteiger charge is 2.33. The number of amides is 1. The number of aromatic nitrogens is 3. The minimum atomic E-state index is -0.325. The molecule has 2 aromatic heterocycles. The molecule has 2 aliphatic carbocycles. The fourth-order valence-electron chi connectivity index (χ4n) is 3.08. The van der Waals surface area contributed by atoms with Crippen LogP contribution in [0.15, 0.2) is 27.6 Å². The molecule has 0 spiro atoms. The molecule has 1 unspecified atom stereocenters. The summed E-state index contributed by atoms with van der Waals surface area (Å²) in [7, 11) is 1.77. The van der Waals surface area contributed by atoms with Gasteiger partial charge in [0.15, 0.2) is 5.82 Å². The van der Waals surface area contributed by atoms with Crippen molar-refractivity contribution in [1.82, 2.24) is 19.6 Å². The predicted octanol–water partition coefficient (Wildman–Crippen LogP) is 2.03. The molecule has 2 aliphatic rings. The van der Waals surface area contributed by atoms with E-state index in [4.69, 9.17) is 4.52 Å². The van der Waals surface area contributed by atoms with Crippen molar-refractivity contribution in [2.75, 3.05) is 7.05 Å². The van der Waals surface area contributed by atoms with Gasteiger partial charge in [0.1, 0.15) is 12.1 Å². The molecule has 25 heavy (non-hydrogen) atoms. The number of hydrogen-bond donors (Lipinski definition) is 0. The van der Waals surface area contributed by atoms with Crippen LogP contribution in [-0.2, 0) is 6.54 Å². The molecule has 2 saturated carbocycles. The lowest BCUT2D eigenvalue weighted by Crippen LogP contribution is -2.40. The zero-order valence-electron chi connectivity index (χ0n) is 14.5. The van der Waals surface area contributed by atoms with E-state index in [1.807, 2.05) is 6.92 Å². The van der Waals surface area contributed by atoms with Crippen LogP contribution in [0.4, 0.5) is 0 Å². The molecule has 7 nitrogen and oxygen atoms in total. The highest BCUT2D eigenvalue weighted by atomic mass is 16.5. The van der Waals surface area contributed by atoms with Gasteiger partial charge in [-0.2, -0.15) is 4.98 Å². The smallest absolute Gasteiger partial charge is 0.263 e. The van der Waals surface area contributed by atoms with Gasteiger partial charge in [-0.3, -0.25) is 9.59 Å². The van der Waals surface area contributed by atoms with E-state index >= 15 is 0 Å². The molecule has 1 atom stereocenters.